The van der Waals surface area contributed by atoms with E-state index in [0.717, 1.165) is 19.4 Å². The molecule has 6 heteroatoms. The Balaban J connectivity index is 1.66. The Labute approximate surface area is 135 Å². The highest BCUT2D eigenvalue weighted by Crippen LogP contribution is 2.31. The third-order valence-electron chi connectivity index (χ3n) is 4.24. The second-order valence-electron chi connectivity index (χ2n) is 6.05. The van der Waals surface area contributed by atoms with Crippen LogP contribution in [-0.4, -0.2) is 49.6 Å². The van der Waals surface area contributed by atoms with Gasteiger partial charge in [0.15, 0.2) is 11.5 Å². The first kappa shape index (κ1) is 15.6. The van der Waals surface area contributed by atoms with Crippen molar-refractivity contribution in [3.05, 3.63) is 23.8 Å². The van der Waals surface area contributed by atoms with Gasteiger partial charge in [-0.1, -0.05) is 0 Å². The van der Waals surface area contributed by atoms with Crippen molar-refractivity contribution in [3.63, 3.8) is 0 Å². The smallest absolute Gasteiger partial charge is 0.254 e. The Morgan fingerprint density at radius 3 is 2.83 bits per heavy atom. The van der Waals surface area contributed by atoms with Gasteiger partial charge in [-0.15, -0.1) is 0 Å². The zero-order valence-corrected chi connectivity index (χ0v) is 13.3. The van der Waals surface area contributed by atoms with Crippen LogP contribution in [0.4, 0.5) is 0 Å². The molecule has 2 aliphatic heterocycles. The van der Waals surface area contributed by atoms with E-state index in [-0.39, 0.29) is 11.8 Å². The number of ether oxygens (including phenoxy) is 2. The van der Waals surface area contributed by atoms with Crippen molar-refractivity contribution in [2.75, 3.05) is 32.8 Å². The molecule has 0 saturated carbocycles. The standard InChI is InChI=1S/C17H22N2O4/c1-12(20)18-10-13-3-2-6-19(11-13)17(21)14-4-5-15-16(9-14)23-8-7-22-15/h4-5,9,13H,2-3,6-8,10-11H2,1H3,(H,18,20)/t13-/m0/s1. The quantitative estimate of drug-likeness (QED) is 0.916. The first-order valence-corrected chi connectivity index (χ1v) is 8.07. The van der Waals surface area contributed by atoms with Gasteiger partial charge in [0.1, 0.15) is 13.2 Å². The summed E-state index contributed by atoms with van der Waals surface area (Å²) >= 11 is 0. The van der Waals surface area contributed by atoms with Gasteiger partial charge in [-0.05, 0) is 37.0 Å². The number of carbonyl (C=O) groups is 2. The van der Waals surface area contributed by atoms with E-state index < -0.39 is 0 Å². The van der Waals surface area contributed by atoms with Gasteiger partial charge in [0.25, 0.3) is 5.91 Å². The molecule has 0 radical (unpaired) electrons. The molecular weight excluding hydrogens is 296 g/mol. The molecule has 0 bridgehead atoms. The zero-order valence-electron chi connectivity index (χ0n) is 13.3. The number of amides is 2. The highest BCUT2D eigenvalue weighted by atomic mass is 16.6. The molecule has 1 saturated heterocycles. The second-order valence-corrected chi connectivity index (χ2v) is 6.05. The number of likely N-dealkylation sites (tertiary alicyclic amines) is 1. The van der Waals surface area contributed by atoms with Crippen molar-refractivity contribution < 1.29 is 19.1 Å². The minimum Gasteiger partial charge on any atom is -0.486 e. The minimum absolute atomic E-state index is 0.00879. The van der Waals surface area contributed by atoms with Gasteiger partial charge in [-0.3, -0.25) is 9.59 Å². The summed E-state index contributed by atoms with van der Waals surface area (Å²) < 4.78 is 11.0. The Hall–Kier alpha value is -2.24. The molecule has 2 heterocycles. The maximum absolute atomic E-state index is 12.7. The van der Waals surface area contributed by atoms with Gasteiger partial charge in [0.2, 0.25) is 5.91 Å². The van der Waals surface area contributed by atoms with Crippen molar-refractivity contribution in [3.8, 4) is 11.5 Å². The van der Waals surface area contributed by atoms with Crippen molar-refractivity contribution in [2.45, 2.75) is 19.8 Å². The normalized spacial score (nSPS) is 20.0. The van der Waals surface area contributed by atoms with Crippen molar-refractivity contribution in [1.82, 2.24) is 10.2 Å². The van der Waals surface area contributed by atoms with Crippen LogP contribution in [0, 0.1) is 5.92 Å². The Morgan fingerprint density at radius 1 is 1.26 bits per heavy atom. The molecule has 1 N–H and O–H groups in total. The molecule has 0 aromatic heterocycles. The van der Waals surface area contributed by atoms with Crippen LogP contribution in [0.15, 0.2) is 18.2 Å². The number of benzene rings is 1. The zero-order chi connectivity index (χ0) is 16.2. The summed E-state index contributed by atoms with van der Waals surface area (Å²) in [6.07, 6.45) is 1.99. The fourth-order valence-corrected chi connectivity index (χ4v) is 3.06. The molecule has 6 nitrogen and oxygen atoms in total. The fraction of sp³-hybridized carbons (Fsp3) is 0.529. The summed E-state index contributed by atoms with van der Waals surface area (Å²) in [6, 6.07) is 5.34. The number of nitrogens with zero attached hydrogens (tertiary/aromatic N) is 1. The summed E-state index contributed by atoms with van der Waals surface area (Å²) in [5.41, 5.74) is 0.620. The van der Waals surface area contributed by atoms with Crippen LogP contribution < -0.4 is 14.8 Å². The molecular formula is C17H22N2O4. The van der Waals surface area contributed by atoms with Crippen LogP contribution in [0.3, 0.4) is 0 Å². The number of piperidine rings is 1. The van der Waals surface area contributed by atoms with E-state index in [0.29, 0.717) is 49.3 Å². The van der Waals surface area contributed by atoms with Crippen molar-refractivity contribution in [1.29, 1.82) is 0 Å². The van der Waals surface area contributed by atoms with E-state index >= 15 is 0 Å². The summed E-state index contributed by atoms with van der Waals surface area (Å²) in [4.78, 5) is 25.6. The Bertz CT molecular complexity index is 602. The molecule has 0 aliphatic carbocycles. The summed E-state index contributed by atoms with van der Waals surface area (Å²) in [5.74, 6) is 1.62. The lowest BCUT2D eigenvalue weighted by molar-refractivity contribution is -0.119. The van der Waals surface area contributed by atoms with E-state index in [2.05, 4.69) is 5.32 Å². The molecule has 1 aromatic rings. The van der Waals surface area contributed by atoms with Crippen LogP contribution in [0.25, 0.3) is 0 Å². The Morgan fingerprint density at radius 2 is 2.04 bits per heavy atom. The predicted octanol–water partition coefficient (Wildman–Crippen LogP) is 1.45. The summed E-state index contributed by atoms with van der Waals surface area (Å²) in [5, 5.41) is 2.84. The third-order valence-corrected chi connectivity index (χ3v) is 4.24. The minimum atomic E-state index is -0.0275. The van der Waals surface area contributed by atoms with Crippen LogP contribution in [0.2, 0.25) is 0 Å². The highest BCUT2D eigenvalue weighted by molar-refractivity contribution is 5.95. The lowest BCUT2D eigenvalue weighted by atomic mass is 9.97. The molecule has 23 heavy (non-hydrogen) atoms. The SMILES string of the molecule is CC(=O)NC[C@@H]1CCCN(C(=O)c2ccc3c(c2)OCCO3)C1. The molecule has 1 aromatic carbocycles. The summed E-state index contributed by atoms with van der Waals surface area (Å²) in [7, 11) is 0. The van der Waals surface area contributed by atoms with Crippen molar-refractivity contribution in [2.24, 2.45) is 5.92 Å². The van der Waals surface area contributed by atoms with Crippen LogP contribution in [0.1, 0.15) is 30.1 Å². The molecule has 3 rings (SSSR count). The average Bonchev–Trinajstić information content (AvgIpc) is 2.59. The molecule has 1 atom stereocenters. The second kappa shape index (κ2) is 6.89. The topological polar surface area (TPSA) is 67.9 Å². The molecule has 1 fully saturated rings. The number of nitrogens with one attached hydrogen (secondary N) is 1. The monoisotopic (exact) mass is 318 g/mol. The number of hydrogen-bond acceptors (Lipinski definition) is 4. The lowest BCUT2D eigenvalue weighted by Crippen LogP contribution is -2.43. The van der Waals surface area contributed by atoms with Gasteiger partial charge >= 0.3 is 0 Å². The lowest BCUT2D eigenvalue weighted by Gasteiger charge is -2.33. The molecule has 0 unspecified atom stereocenters. The molecule has 0 spiro atoms. The predicted molar refractivity (Wildman–Crippen MR) is 84.7 cm³/mol. The van der Waals surface area contributed by atoms with Crippen LogP contribution >= 0.6 is 0 Å². The number of fused-ring (bicyclic) bond motifs is 1. The van der Waals surface area contributed by atoms with E-state index in [1.54, 1.807) is 18.2 Å². The van der Waals surface area contributed by atoms with Gasteiger partial charge < -0.3 is 19.7 Å². The van der Waals surface area contributed by atoms with E-state index in [9.17, 15) is 9.59 Å². The maximum Gasteiger partial charge on any atom is 0.254 e. The van der Waals surface area contributed by atoms with E-state index in [1.165, 1.54) is 6.92 Å². The van der Waals surface area contributed by atoms with Crippen molar-refractivity contribution >= 4 is 11.8 Å². The van der Waals surface area contributed by atoms with Crippen LogP contribution in [-0.2, 0) is 4.79 Å². The van der Waals surface area contributed by atoms with Gasteiger partial charge in [-0.2, -0.15) is 0 Å². The van der Waals surface area contributed by atoms with E-state index in [4.69, 9.17) is 9.47 Å². The Kier molecular flexibility index (Phi) is 4.69. The van der Waals surface area contributed by atoms with Gasteiger partial charge in [-0.25, -0.2) is 0 Å². The van der Waals surface area contributed by atoms with Gasteiger partial charge in [0.05, 0.1) is 0 Å². The number of rotatable bonds is 3. The summed E-state index contributed by atoms with van der Waals surface area (Å²) in [6.45, 7) is 4.61. The largest absolute Gasteiger partial charge is 0.486 e. The molecule has 124 valence electrons. The molecule has 2 amide bonds. The molecule has 2 aliphatic rings. The number of carbonyl (C=O) groups excluding carboxylic acids is 2. The van der Waals surface area contributed by atoms with E-state index in [1.807, 2.05) is 4.90 Å². The first-order valence-electron chi connectivity index (χ1n) is 8.07. The van der Waals surface area contributed by atoms with Crippen LogP contribution in [0.5, 0.6) is 11.5 Å². The highest BCUT2D eigenvalue weighted by Gasteiger charge is 2.25. The van der Waals surface area contributed by atoms with Gasteiger partial charge in [0, 0.05) is 32.1 Å². The maximum atomic E-state index is 12.7. The fourth-order valence-electron chi connectivity index (χ4n) is 3.06. The first-order chi connectivity index (χ1) is 11.1. The third kappa shape index (κ3) is 3.75. The number of hydrogen-bond donors (Lipinski definition) is 1. The average molecular weight is 318 g/mol.